The fraction of sp³-hybridized carbons (Fsp3) is 0.576. The van der Waals surface area contributed by atoms with Crippen molar-refractivity contribution in [1.82, 2.24) is 30.2 Å². The zero-order chi connectivity index (χ0) is 36.4. The molecule has 3 aromatic rings. The highest BCUT2D eigenvalue weighted by Crippen LogP contribution is 2.44. The van der Waals surface area contributed by atoms with Gasteiger partial charge in [0.1, 0.15) is 12.3 Å². The quantitative estimate of drug-likeness (QED) is 0.187. The molecule has 3 aliphatic rings. The van der Waals surface area contributed by atoms with Gasteiger partial charge in [0.2, 0.25) is 11.8 Å². The van der Waals surface area contributed by atoms with E-state index < -0.39 is 72.7 Å². The molecular weight excluding hydrogens is 685 g/mol. The minimum absolute atomic E-state index is 0.0285. The number of esters is 1. The van der Waals surface area contributed by atoms with E-state index in [-0.39, 0.29) is 55.3 Å². The standard InChI is InChI=1S/C33H38F5N7O6/c1-49-28(47)31(15-22(33(36,37)38)17-39-27(31)46)16-23-26(44-11-13-50-14-12-44)42-29-40-24(18-45(29)43-23)25(21-7-9-32(34,35)10-8-21)41-30(48)51-19-20-5-3-2-4-6-20/h2-6,18,21-22,25H,7-17,19H2,1H3,(H,39,46)(H,41,48)/t22-,25+,31?/m1/s1. The van der Waals surface area contributed by atoms with E-state index in [1.807, 2.05) is 6.07 Å². The van der Waals surface area contributed by atoms with Crippen molar-refractivity contribution in [3.8, 4) is 0 Å². The predicted octanol–water partition coefficient (Wildman–Crippen LogP) is 4.15. The summed E-state index contributed by atoms with van der Waals surface area (Å²) in [7, 11) is 0.994. The normalized spacial score (nSPS) is 23.4. The summed E-state index contributed by atoms with van der Waals surface area (Å²) in [4.78, 5) is 50.7. The fourth-order valence-corrected chi connectivity index (χ4v) is 6.96. The first-order valence-electron chi connectivity index (χ1n) is 16.7. The number of carbonyl (C=O) groups excluding carboxylic acids is 3. The number of alkyl carbamates (subject to hydrolysis) is 1. The van der Waals surface area contributed by atoms with Crippen LogP contribution in [0, 0.1) is 17.3 Å². The summed E-state index contributed by atoms with van der Waals surface area (Å²) in [6.45, 7) is 0.515. The van der Waals surface area contributed by atoms with Crippen molar-refractivity contribution in [2.24, 2.45) is 17.3 Å². The molecular formula is C33H38F5N7O6. The van der Waals surface area contributed by atoms with Crippen LogP contribution in [0.2, 0.25) is 0 Å². The highest BCUT2D eigenvalue weighted by molar-refractivity contribution is 6.03. The number of carbonyl (C=O) groups is 3. The van der Waals surface area contributed by atoms with E-state index in [1.54, 1.807) is 29.2 Å². The summed E-state index contributed by atoms with van der Waals surface area (Å²) in [6, 6.07) is 8.07. The number of piperidine rings is 1. The number of anilines is 1. The minimum atomic E-state index is -4.71. The van der Waals surface area contributed by atoms with E-state index in [0.717, 1.165) is 12.7 Å². The number of alkyl halides is 5. The van der Waals surface area contributed by atoms with Crippen molar-refractivity contribution in [3.05, 3.63) is 53.5 Å². The lowest BCUT2D eigenvalue weighted by Crippen LogP contribution is -2.58. The lowest BCUT2D eigenvalue weighted by atomic mass is 9.72. The Kier molecular flexibility index (Phi) is 10.3. The fourth-order valence-electron chi connectivity index (χ4n) is 6.96. The number of nitrogens with zero attached hydrogens (tertiary/aromatic N) is 5. The molecule has 2 N–H and O–H groups in total. The number of methoxy groups -OCH3 is 1. The predicted molar refractivity (Wildman–Crippen MR) is 169 cm³/mol. The monoisotopic (exact) mass is 723 g/mol. The van der Waals surface area contributed by atoms with Gasteiger partial charge >= 0.3 is 18.2 Å². The number of halogens is 5. The Balaban J connectivity index is 1.37. The lowest BCUT2D eigenvalue weighted by molar-refractivity contribution is -0.195. The van der Waals surface area contributed by atoms with E-state index in [9.17, 15) is 36.3 Å². The summed E-state index contributed by atoms with van der Waals surface area (Å²) < 4.78 is 87.2. The number of rotatable bonds is 9. The van der Waals surface area contributed by atoms with Gasteiger partial charge in [-0.2, -0.15) is 23.3 Å². The van der Waals surface area contributed by atoms with Crippen LogP contribution in [0.4, 0.5) is 32.6 Å². The molecule has 0 radical (unpaired) electrons. The molecule has 1 aromatic carbocycles. The van der Waals surface area contributed by atoms with Crippen LogP contribution in [0.25, 0.3) is 5.78 Å². The van der Waals surface area contributed by atoms with Gasteiger partial charge in [-0.25, -0.2) is 23.1 Å². The van der Waals surface area contributed by atoms with Crippen LogP contribution < -0.4 is 15.5 Å². The van der Waals surface area contributed by atoms with E-state index in [1.165, 1.54) is 10.7 Å². The number of benzene rings is 1. The second-order valence-corrected chi connectivity index (χ2v) is 13.2. The topological polar surface area (TPSA) is 149 Å². The number of hydrogen-bond donors (Lipinski definition) is 2. The van der Waals surface area contributed by atoms with Crippen molar-refractivity contribution in [3.63, 3.8) is 0 Å². The molecule has 2 aliphatic heterocycles. The number of hydrogen-bond acceptors (Lipinski definition) is 10. The van der Waals surface area contributed by atoms with E-state index in [0.29, 0.717) is 26.3 Å². The molecule has 4 heterocycles. The number of nitrogens with one attached hydrogen (secondary N) is 2. The molecule has 2 aromatic heterocycles. The summed E-state index contributed by atoms with van der Waals surface area (Å²) >= 11 is 0. The number of fused-ring (bicyclic) bond motifs is 1. The molecule has 51 heavy (non-hydrogen) atoms. The summed E-state index contributed by atoms with van der Waals surface area (Å²) in [5.41, 5.74) is -1.27. The smallest absolute Gasteiger partial charge is 0.408 e. The molecule has 18 heteroatoms. The lowest BCUT2D eigenvalue weighted by Gasteiger charge is -2.38. The molecule has 1 unspecified atom stereocenters. The Hall–Kier alpha value is -4.61. The molecule has 276 valence electrons. The number of ether oxygens (including phenoxy) is 3. The van der Waals surface area contributed by atoms with Gasteiger partial charge in [-0.05, 0) is 30.7 Å². The Morgan fingerprint density at radius 1 is 1.12 bits per heavy atom. The maximum absolute atomic E-state index is 14.2. The van der Waals surface area contributed by atoms with Gasteiger partial charge in [-0.15, -0.1) is 0 Å². The van der Waals surface area contributed by atoms with Crippen LogP contribution >= 0.6 is 0 Å². The van der Waals surface area contributed by atoms with E-state index >= 15 is 0 Å². The molecule has 3 atom stereocenters. The third-order valence-corrected chi connectivity index (χ3v) is 9.78. The minimum Gasteiger partial charge on any atom is -0.468 e. The Morgan fingerprint density at radius 3 is 2.49 bits per heavy atom. The second kappa shape index (κ2) is 14.6. The number of amides is 2. The van der Waals surface area contributed by atoms with Gasteiger partial charge in [-0.3, -0.25) is 9.59 Å². The zero-order valence-corrected chi connectivity index (χ0v) is 27.8. The Morgan fingerprint density at radius 2 is 1.82 bits per heavy atom. The molecule has 3 fully saturated rings. The summed E-state index contributed by atoms with van der Waals surface area (Å²) in [6.07, 6.45) is -6.13. The van der Waals surface area contributed by atoms with Crippen molar-refractivity contribution in [2.45, 2.75) is 63.3 Å². The average Bonchev–Trinajstić information content (AvgIpc) is 3.53. The highest BCUT2D eigenvalue weighted by Gasteiger charge is 2.57. The van der Waals surface area contributed by atoms with Gasteiger partial charge in [0.25, 0.3) is 5.78 Å². The molecule has 13 nitrogen and oxygen atoms in total. The van der Waals surface area contributed by atoms with Crippen LogP contribution in [0.15, 0.2) is 36.5 Å². The molecule has 0 spiro atoms. The van der Waals surface area contributed by atoms with Gasteiger partial charge in [0, 0.05) is 38.9 Å². The van der Waals surface area contributed by atoms with Crippen molar-refractivity contribution in [1.29, 1.82) is 0 Å². The van der Waals surface area contributed by atoms with Gasteiger partial charge in [-0.1, -0.05) is 30.3 Å². The van der Waals surface area contributed by atoms with Crippen LogP contribution in [0.5, 0.6) is 0 Å². The van der Waals surface area contributed by atoms with E-state index in [4.69, 9.17) is 14.2 Å². The van der Waals surface area contributed by atoms with Crippen LogP contribution in [-0.2, 0) is 36.8 Å². The molecule has 2 saturated heterocycles. The maximum atomic E-state index is 14.2. The molecule has 1 aliphatic carbocycles. The first-order chi connectivity index (χ1) is 24.3. The molecule has 1 saturated carbocycles. The average molecular weight is 724 g/mol. The largest absolute Gasteiger partial charge is 0.468 e. The second-order valence-electron chi connectivity index (χ2n) is 13.2. The van der Waals surface area contributed by atoms with Crippen molar-refractivity contribution in [2.75, 3.05) is 44.9 Å². The third kappa shape index (κ3) is 7.99. The van der Waals surface area contributed by atoms with Gasteiger partial charge in [0.15, 0.2) is 11.2 Å². The summed E-state index contributed by atoms with van der Waals surface area (Å²) in [5.74, 6) is -7.18. The Labute approximate surface area is 289 Å². The maximum Gasteiger partial charge on any atom is 0.408 e. The van der Waals surface area contributed by atoms with Crippen LogP contribution in [-0.4, -0.2) is 89.6 Å². The molecule has 0 bridgehead atoms. The molecule has 2 amide bonds. The van der Waals surface area contributed by atoms with Crippen LogP contribution in [0.1, 0.15) is 55.1 Å². The van der Waals surface area contributed by atoms with Gasteiger partial charge < -0.3 is 29.7 Å². The SMILES string of the molecule is COC(=O)C1(Cc2nn3cc([C@@H](NC(=O)OCc4ccccc4)C4CCC(F)(F)CC4)nc3nc2N2CCOCC2)C[C@@H](C(F)(F)F)CNC1=O. The first-order valence-corrected chi connectivity index (χ1v) is 16.7. The highest BCUT2D eigenvalue weighted by atomic mass is 19.4. The Bertz CT molecular complexity index is 1720. The van der Waals surface area contributed by atoms with Crippen LogP contribution in [0.3, 0.4) is 0 Å². The number of aromatic nitrogens is 4. The zero-order valence-electron chi connectivity index (χ0n) is 27.8. The number of morpholine rings is 1. The van der Waals surface area contributed by atoms with E-state index in [2.05, 4.69) is 25.7 Å². The first kappa shape index (κ1) is 36.2. The van der Waals surface area contributed by atoms with Gasteiger partial charge in [0.05, 0.1) is 44.2 Å². The number of imidazole rings is 1. The van der Waals surface area contributed by atoms with Crippen molar-refractivity contribution >= 4 is 29.6 Å². The summed E-state index contributed by atoms with van der Waals surface area (Å²) in [5, 5.41) is 9.65. The third-order valence-electron chi connectivity index (χ3n) is 9.78. The molecule has 6 rings (SSSR count). The van der Waals surface area contributed by atoms with Crippen molar-refractivity contribution < 1.29 is 50.5 Å².